The molecule has 1 heterocycles. The molecular formula is C17H17BrN2O2. The molecule has 0 amide bonds. The van der Waals surface area contributed by atoms with Crippen LogP contribution in [-0.4, -0.2) is 37.4 Å². The average molecular weight is 361 g/mol. The highest BCUT2D eigenvalue weighted by Gasteiger charge is 2.03. The summed E-state index contributed by atoms with van der Waals surface area (Å²) in [5.41, 5.74) is 2.88. The number of halogens is 1. The third-order valence-electron chi connectivity index (χ3n) is 2.87. The summed E-state index contributed by atoms with van der Waals surface area (Å²) in [6, 6.07) is 9.89. The lowest BCUT2D eigenvalue weighted by Gasteiger charge is -2.11. The van der Waals surface area contributed by atoms with E-state index in [9.17, 15) is 0 Å². The van der Waals surface area contributed by atoms with Crippen LogP contribution in [0.25, 0.3) is 0 Å². The van der Waals surface area contributed by atoms with Crippen LogP contribution in [0.1, 0.15) is 11.1 Å². The molecule has 2 rings (SSSR count). The van der Waals surface area contributed by atoms with E-state index in [-0.39, 0.29) is 13.2 Å². The summed E-state index contributed by atoms with van der Waals surface area (Å²) in [5.74, 6) is 6.63. The molecule has 114 valence electrons. The maximum atomic E-state index is 8.74. The Morgan fingerprint density at radius 3 is 2.45 bits per heavy atom. The van der Waals surface area contributed by atoms with Gasteiger partial charge in [0.2, 0.25) is 5.88 Å². The lowest BCUT2D eigenvalue weighted by atomic mass is 10.2. The topological polar surface area (TPSA) is 45.6 Å². The molecule has 0 saturated heterocycles. The minimum absolute atomic E-state index is 0.0430. The van der Waals surface area contributed by atoms with Crippen molar-refractivity contribution in [2.24, 2.45) is 0 Å². The number of aliphatic hydroxyl groups excluding tert-OH is 1. The van der Waals surface area contributed by atoms with Gasteiger partial charge in [0, 0.05) is 37.1 Å². The number of hydrogen-bond acceptors (Lipinski definition) is 4. The Morgan fingerprint density at radius 1 is 1.18 bits per heavy atom. The highest BCUT2D eigenvalue weighted by Crippen LogP contribution is 2.22. The smallest absolute Gasteiger partial charge is 0.228 e. The van der Waals surface area contributed by atoms with E-state index in [1.54, 1.807) is 6.20 Å². The van der Waals surface area contributed by atoms with E-state index in [0.717, 1.165) is 21.3 Å². The van der Waals surface area contributed by atoms with E-state index >= 15 is 0 Å². The van der Waals surface area contributed by atoms with E-state index in [1.165, 1.54) is 0 Å². The zero-order valence-electron chi connectivity index (χ0n) is 12.5. The normalized spacial score (nSPS) is 9.82. The fraction of sp³-hybridized carbons (Fsp3) is 0.235. The van der Waals surface area contributed by atoms with Crippen molar-refractivity contribution in [1.82, 2.24) is 4.98 Å². The number of aliphatic hydroxyl groups is 1. The monoisotopic (exact) mass is 360 g/mol. The van der Waals surface area contributed by atoms with Crippen LogP contribution in [0, 0.1) is 11.8 Å². The van der Waals surface area contributed by atoms with E-state index in [1.807, 2.05) is 49.3 Å². The molecule has 5 heteroatoms. The van der Waals surface area contributed by atoms with Crippen molar-refractivity contribution in [3.05, 3.63) is 52.1 Å². The molecule has 0 atom stereocenters. The maximum Gasteiger partial charge on any atom is 0.228 e. The van der Waals surface area contributed by atoms with Crippen LogP contribution in [0.3, 0.4) is 0 Å². The quantitative estimate of drug-likeness (QED) is 0.851. The van der Waals surface area contributed by atoms with Gasteiger partial charge in [-0.2, -0.15) is 0 Å². The highest BCUT2D eigenvalue weighted by atomic mass is 79.9. The number of pyridine rings is 1. The van der Waals surface area contributed by atoms with Crippen molar-refractivity contribution in [2.75, 3.05) is 32.2 Å². The Hall–Kier alpha value is -2.03. The second kappa shape index (κ2) is 7.83. The molecule has 0 aliphatic rings. The van der Waals surface area contributed by atoms with Gasteiger partial charge in [0.05, 0.1) is 11.1 Å². The molecule has 4 nitrogen and oxygen atoms in total. The van der Waals surface area contributed by atoms with Gasteiger partial charge in [0.15, 0.2) is 0 Å². The van der Waals surface area contributed by atoms with Crippen molar-refractivity contribution < 1.29 is 9.84 Å². The van der Waals surface area contributed by atoms with Crippen LogP contribution in [0.15, 0.2) is 41.0 Å². The van der Waals surface area contributed by atoms with Gasteiger partial charge in [-0.05, 0) is 46.3 Å². The van der Waals surface area contributed by atoms with Gasteiger partial charge in [-0.15, -0.1) is 0 Å². The lowest BCUT2D eigenvalue weighted by Crippen LogP contribution is -2.07. The summed E-state index contributed by atoms with van der Waals surface area (Å²) < 4.78 is 6.00. The fourth-order valence-corrected chi connectivity index (χ4v) is 2.19. The van der Waals surface area contributed by atoms with Gasteiger partial charge >= 0.3 is 0 Å². The Labute approximate surface area is 138 Å². The summed E-state index contributed by atoms with van der Waals surface area (Å²) in [6.45, 7) is 0.174. The van der Waals surface area contributed by atoms with Crippen LogP contribution in [0.2, 0.25) is 0 Å². The SMILES string of the molecule is CN(C)c1ccc(C#Cc2cnc(OCCO)c(Br)c2)cc1. The van der Waals surface area contributed by atoms with Gasteiger partial charge in [0.25, 0.3) is 0 Å². The van der Waals surface area contributed by atoms with Crippen LogP contribution >= 0.6 is 15.9 Å². The summed E-state index contributed by atoms with van der Waals surface area (Å²) in [5, 5.41) is 8.74. The first-order valence-corrected chi connectivity index (χ1v) is 7.58. The molecular weight excluding hydrogens is 344 g/mol. The zero-order valence-corrected chi connectivity index (χ0v) is 14.1. The number of anilines is 1. The number of benzene rings is 1. The first kappa shape index (κ1) is 16.3. The summed E-state index contributed by atoms with van der Waals surface area (Å²) in [7, 11) is 4.01. The van der Waals surface area contributed by atoms with Crippen molar-refractivity contribution in [3.63, 3.8) is 0 Å². The molecule has 0 fully saturated rings. The van der Waals surface area contributed by atoms with Crippen molar-refractivity contribution >= 4 is 21.6 Å². The predicted molar refractivity (Wildman–Crippen MR) is 91.3 cm³/mol. The molecule has 0 saturated carbocycles. The third-order valence-corrected chi connectivity index (χ3v) is 3.44. The molecule has 0 unspecified atom stereocenters. The Bertz CT molecular complexity index is 688. The van der Waals surface area contributed by atoms with Gasteiger partial charge < -0.3 is 14.7 Å². The molecule has 0 bridgehead atoms. The number of hydrogen-bond donors (Lipinski definition) is 1. The third kappa shape index (κ3) is 4.48. The molecule has 1 aromatic carbocycles. The fourth-order valence-electron chi connectivity index (χ4n) is 1.73. The van der Waals surface area contributed by atoms with Gasteiger partial charge in [-0.25, -0.2) is 4.98 Å². The van der Waals surface area contributed by atoms with Crippen molar-refractivity contribution in [1.29, 1.82) is 0 Å². The standard InChI is InChI=1S/C17H17BrN2O2/c1-20(2)15-7-5-13(6-8-15)3-4-14-11-16(18)17(19-12-14)22-10-9-21/h5-8,11-12,21H,9-10H2,1-2H3. The molecule has 1 N–H and O–H groups in total. The minimum Gasteiger partial charge on any atom is -0.474 e. The van der Waals surface area contributed by atoms with E-state index in [0.29, 0.717) is 5.88 Å². The molecule has 22 heavy (non-hydrogen) atoms. The first-order valence-electron chi connectivity index (χ1n) is 6.79. The van der Waals surface area contributed by atoms with Crippen LogP contribution in [0.5, 0.6) is 5.88 Å². The van der Waals surface area contributed by atoms with E-state index in [4.69, 9.17) is 9.84 Å². The van der Waals surface area contributed by atoms with Crippen LogP contribution in [0.4, 0.5) is 5.69 Å². The number of nitrogens with zero attached hydrogens (tertiary/aromatic N) is 2. The lowest BCUT2D eigenvalue weighted by molar-refractivity contribution is 0.196. The Balaban J connectivity index is 2.12. The number of rotatable bonds is 4. The second-order valence-electron chi connectivity index (χ2n) is 4.77. The molecule has 0 radical (unpaired) electrons. The summed E-state index contributed by atoms with van der Waals surface area (Å²) >= 11 is 3.39. The summed E-state index contributed by atoms with van der Waals surface area (Å²) in [4.78, 5) is 6.22. The maximum absolute atomic E-state index is 8.74. The predicted octanol–water partition coefficient (Wildman–Crippen LogP) is 2.68. The molecule has 0 aliphatic heterocycles. The second-order valence-corrected chi connectivity index (χ2v) is 5.63. The first-order chi connectivity index (χ1) is 10.6. The van der Waals surface area contributed by atoms with Crippen LogP contribution < -0.4 is 9.64 Å². The number of aromatic nitrogens is 1. The molecule has 0 spiro atoms. The highest BCUT2D eigenvalue weighted by molar-refractivity contribution is 9.10. The number of ether oxygens (including phenoxy) is 1. The van der Waals surface area contributed by atoms with Gasteiger partial charge in [0.1, 0.15) is 6.61 Å². The van der Waals surface area contributed by atoms with Crippen molar-refractivity contribution in [3.8, 4) is 17.7 Å². The zero-order chi connectivity index (χ0) is 15.9. The molecule has 2 aromatic rings. The van der Waals surface area contributed by atoms with E-state index in [2.05, 4.69) is 32.8 Å². The Morgan fingerprint density at radius 2 is 1.86 bits per heavy atom. The summed E-state index contributed by atoms with van der Waals surface area (Å²) in [6.07, 6.45) is 1.65. The minimum atomic E-state index is -0.0430. The largest absolute Gasteiger partial charge is 0.474 e. The van der Waals surface area contributed by atoms with Gasteiger partial charge in [-0.1, -0.05) is 11.8 Å². The molecule has 1 aromatic heterocycles. The molecule has 0 aliphatic carbocycles. The average Bonchev–Trinajstić information content (AvgIpc) is 2.52. The van der Waals surface area contributed by atoms with E-state index < -0.39 is 0 Å². The van der Waals surface area contributed by atoms with Gasteiger partial charge in [-0.3, -0.25) is 0 Å². The van der Waals surface area contributed by atoms with Crippen LogP contribution in [-0.2, 0) is 0 Å². The Kier molecular flexibility index (Phi) is 5.82. The van der Waals surface area contributed by atoms with Crippen molar-refractivity contribution in [2.45, 2.75) is 0 Å².